The highest BCUT2D eigenvalue weighted by Crippen LogP contribution is 2.20. The van der Waals surface area contributed by atoms with Gasteiger partial charge in [0.15, 0.2) is 0 Å². The van der Waals surface area contributed by atoms with Gasteiger partial charge in [-0.2, -0.15) is 0 Å². The Bertz CT molecular complexity index is 1070. The average Bonchev–Trinajstić information content (AvgIpc) is 2.67. The fourth-order valence-corrected chi connectivity index (χ4v) is 3.47. The van der Waals surface area contributed by atoms with Gasteiger partial charge in [0.2, 0.25) is 5.88 Å². The van der Waals surface area contributed by atoms with Gasteiger partial charge in [-0.05, 0) is 37.3 Å². The second-order valence-corrected chi connectivity index (χ2v) is 7.58. The third-order valence-electron chi connectivity index (χ3n) is 3.75. The molecule has 0 radical (unpaired) electrons. The van der Waals surface area contributed by atoms with Gasteiger partial charge in [-0.3, -0.25) is 4.72 Å². The summed E-state index contributed by atoms with van der Waals surface area (Å²) in [5.74, 6) is -0.829. The van der Waals surface area contributed by atoms with Gasteiger partial charge in [-0.25, -0.2) is 27.2 Å². The summed E-state index contributed by atoms with van der Waals surface area (Å²) in [4.78, 5) is 8.08. The summed E-state index contributed by atoms with van der Waals surface area (Å²) in [6, 6.07) is 8.87. The number of ether oxygens (including phenoxy) is 1. The fraction of sp³-hybridized carbons (Fsp3) is 0.158. The summed E-state index contributed by atoms with van der Waals surface area (Å²) >= 11 is 0. The first-order valence-corrected chi connectivity index (χ1v) is 10.1. The molecule has 1 aromatic carbocycles. The van der Waals surface area contributed by atoms with Crippen molar-refractivity contribution in [2.45, 2.75) is 18.4 Å². The minimum Gasteiger partial charge on any atom is -0.478 e. The molecule has 0 aliphatic heterocycles. The summed E-state index contributed by atoms with van der Waals surface area (Å²) in [5.41, 5.74) is 0.604. The zero-order chi connectivity index (χ0) is 20.9. The molecular weight excluding hydrogens is 402 g/mol. The van der Waals surface area contributed by atoms with E-state index in [0.29, 0.717) is 30.9 Å². The summed E-state index contributed by atoms with van der Waals surface area (Å²) in [5, 5.41) is 3.06. The molecule has 152 valence electrons. The predicted molar refractivity (Wildman–Crippen MR) is 104 cm³/mol. The molecule has 0 aliphatic rings. The maximum absolute atomic E-state index is 13.3. The molecule has 0 amide bonds. The number of nitrogens with zero attached hydrogens (tertiary/aromatic N) is 2. The minimum atomic E-state index is -4.05. The number of anilines is 2. The van der Waals surface area contributed by atoms with Gasteiger partial charge < -0.3 is 10.1 Å². The smallest absolute Gasteiger partial charge is 0.263 e. The van der Waals surface area contributed by atoms with Gasteiger partial charge in [0.05, 0.1) is 12.3 Å². The van der Waals surface area contributed by atoms with Crippen LogP contribution >= 0.6 is 0 Å². The Hall–Kier alpha value is -3.27. The molecule has 0 unspecified atom stereocenters. The molecule has 0 bridgehead atoms. The number of benzene rings is 1. The lowest BCUT2D eigenvalue weighted by molar-refractivity contribution is 0.323. The summed E-state index contributed by atoms with van der Waals surface area (Å²) < 4.78 is 58.9. The average molecular weight is 420 g/mol. The van der Waals surface area contributed by atoms with Gasteiger partial charge >= 0.3 is 0 Å². The van der Waals surface area contributed by atoms with E-state index in [2.05, 4.69) is 20.0 Å². The minimum absolute atomic E-state index is 0.149. The highest BCUT2D eigenvalue weighted by Gasteiger charge is 2.16. The highest BCUT2D eigenvalue weighted by molar-refractivity contribution is 7.92. The lowest BCUT2D eigenvalue weighted by Crippen LogP contribution is -2.14. The van der Waals surface area contributed by atoms with E-state index in [0.717, 1.165) is 23.9 Å². The Morgan fingerprint density at radius 1 is 1.07 bits per heavy atom. The number of aromatic nitrogens is 2. The van der Waals surface area contributed by atoms with Crippen LogP contribution in [0, 0.1) is 11.6 Å². The quantitative estimate of drug-likeness (QED) is 0.579. The maximum atomic E-state index is 13.3. The molecule has 2 heterocycles. The van der Waals surface area contributed by atoms with Gasteiger partial charge in [-0.1, -0.05) is 6.07 Å². The largest absolute Gasteiger partial charge is 0.478 e. The van der Waals surface area contributed by atoms with Gasteiger partial charge in [0, 0.05) is 30.6 Å². The monoisotopic (exact) mass is 420 g/mol. The van der Waals surface area contributed by atoms with E-state index in [1.165, 1.54) is 12.1 Å². The van der Waals surface area contributed by atoms with Crippen molar-refractivity contribution in [3.8, 4) is 5.88 Å². The summed E-state index contributed by atoms with van der Waals surface area (Å²) in [6.45, 7) is 2.72. The van der Waals surface area contributed by atoms with Crippen molar-refractivity contribution in [3.63, 3.8) is 0 Å². The standard InChI is InChI=1S/C19H18F2N4O3S/c1-2-28-19-13(4-3-7-22-19)11-23-18-6-5-17(12-24-18)29(26,27)25-16-9-14(20)8-15(21)10-16/h3-10,12,25H,2,11H2,1H3,(H,23,24). The van der Waals surface area contributed by atoms with E-state index in [4.69, 9.17) is 4.74 Å². The molecule has 2 aromatic heterocycles. The molecule has 0 saturated heterocycles. The van der Waals surface area contributed by atoms with Crippen molar-refractivity contribution in [1.82, 2.24) is 9.97 Å². The Labute approximate surface area is 166 Å². The van der Waals surface area contributed by atoms with Crippen molar-refractivity contribution < 1.29 is 21.9 Å². The Morgan fingerprint density at radius 3 is 2.48 bits per heavy atom. The van der Waals surface area contributed by atoms with E-state index in [1.54, 1.807) is 12.3 Å². The summed E-state index contributed by atoms with van der Waals surface area (Å²) in [7, 11) is -4.05. The third-order valence-corrected chi connectivity index (χ3v) is 5.12. The van der Waals surface area contributed by atoms with Gasteiger partial charge in [-0.15, -0.1) is 0 Å². The molecule has 0 aliphatic carbocycles. The van der Waals surface area contributed by atoms with Crippen LogP contribution in [0.3, 0.4) is 0 Å². The maximum Gasteiger partial charge on any atom is 0.263 e. The molecule has 2 N–H and O–H groups in total. The second-order valence-electron chi connectivity index (χ2n) is 5.90. The van der Waals surface area contributed by atoms with Crippen LogP contribution in [-0.4, -0.2) is 25.0 Å². The van der Waals surface area contributed by atoms with Crippen LogP contribution in [-0.2, 0) is 16.6 Å². The fourth-order valence-electron chi connectivity index (χ4n) is 2.48. The Balaban J connectivity index is 1.69. The highest BCUT2D eigenvalue weighted by atomic mass is 32.2. The van der Waals surface area contributed by atoms with Crippen LogP contribution in [0.1, 0.15) is 12.5 Å². The topological polar surface area (TPSA) is 93.2 Å². The number of rotatable bonds is 8. The number of pyridine rings is 2. The zero-order valence-electron chi connectivity index (χ0n) is 15.4. The molecule has 3 rings (SSSR count). The van der Waals surface area contributed by atoms with Crippen LogP contribution in [0.5, 0.6) is 5.88 Å². The van der Waals surface area contributed by atoms with Crippen LogP contribution in [0.25, 0.3) is 0 Å². The molecule has 7 nitrogen and oxygen atoms in total. The molecule has 0 spiro atoms. The number of halogens is 2. The molecule has 29 heavy (non-hydrogen) atoms. The van der Waals surface area contributed by atoms with E-state index in [1.807, 2.05) is 13.0 Å². The lowest BCUT2D eigenvalue weighted by Gasteiger charge is -2.11. The van der Waals surface area contributed by atoms with Crippen molar-refractivity contribution in [1.29, 1.82) is 0 Å². The Kier molecular flexibility index (Phi) is 6.23. The number of hydrogen-bond acceptors (Lipinski definition) is 6. The lowest BCUT2D eigenvalue weighted by atomic mass is 10.2. The first kappa shape index (κ1) is 20.5. The van der Waals surface area contributed by atoms with Gasteiger partial charge in [0.1, 0.15) is 22.3 Å². The molecule has 3 aromatic rings. The Morgan fingerprint density at radius 2 is 1.83 bits per heavy atom. The van der Waals surface area contributed by atoms with Crippen molar-refractivity contribution >= 4 is 21.5 Å². The number of sulfonamides is 1. The van der Waals surface area contributed by atoms with E-state index < -0.39 is 21.7 Å². The van der Waals surface area contributed by atoms with Crippen molar-refractivity contribution in [2.24, 2.45) is 0 Å². The van der Waals surface area contributed by atoms with E-state index in [-0.39, 0.29) is 10.6 Å². The summed E-state index contributed by atoms with van der Waals surface area (Å²) in [6.07, 6.45) is 2.77. The van der Waals surface area contributed by atoms with Gasteiger partial charge in [0.25, 0.3) is 10.0 Å². The van der Waals surface area contributed by atoms with Crippen LogP contribution in [0.2, 0.25) is 0 Å². The van der Waals surface area contributed by atoms with E-state index in [9.17, 15) is 17.2 Å². The third kappa shape index (κ3) is 5.38. The molecular formula is C19H18F2N4O3S. The number of hydrogen-bond donors (Lipinski definition) is 2. The molecule has 0 fully saturated rings. The molecule has 0 saturated carbocycles. The normalized spacial score (nSPS) is 11.1. The zero-order valence-corrected chi connectivity index (χ0v) is 16.2. The van der Waals surface area contributed by atoms with Crippen molar-refractivity contribution in [2.75, 3.05) is 16.6 Å². The van der Waals surface area contributed by atoms with Crippen LogP contribution in [0.15, 0.2) is 59.8 Å². The second kappa shape index (κ2) is 8.82. The SMILES string of the molecule is CCOc1ncccc1CNc1ccc(S(=O)(=O)Nc2cc(F)cc(F)c2)cn1. The van der Waals surface area contributed by atoms with Crippen LogP contribution < -0.4 is 14.8 Å². The molecule has 10 heteroatoms. The number of nitrogens with one attached hydrogen (secondary N) is 2. The van der Waals surface area contributed by atoms with E-state index >= 15 is 0 Å². The van der Waals surface area contributed by atoms with Crippen LogP contribution in [0.4, 0.5) is 20.3 Å². The first-order valence-electron chi connectivity index (χ1n) is 8.63. The first-order chi connectivity index (χ1) is 13.9. The van der Waals surface area contributed by atoms with Crippen molar-refractivity contribution in [3.05, 3.63) is 72.1 Å². The molecule has 0 atom stereocenters. The predicted octanol–water partition coefficient (Wildman–Crippen LogP) is 3.57.